The SMILES string of the molecule is CCOC(=O)c1cc(C)n(CC(=O)OCC(=O)NC2CCCC2)c1C. The van der Waals surface area contributed by atoms with Crippen LogP contribution in [0.4, 0.5) is 0 Å². The summed E-state index contributed by atoms with van der Waals surface area (Å²) in [6.07, 6.45) is 4.22. The fourth-order valence-corrected chi connectivity index (χ4v) is 3.12. The van der Waals surface area contributed by atoms with Crippen LogP contribution < -0.4 is 5.32 Å². The average molecular weight is 350 g/mol. The van der Waals surface area contributed by atoms with Gasteiger partial charge in [-0.15, -0.1) is 0 Å². The molecule has 0 unspecified atom stereocenters. The highest BCUT2D eigenvalue weighted by Gasteiger charge is 2.20. The van der Waals surface area contributed by atoms with Crippen LogP contribution in [0.1, 0.15) is 54.4 Å². The fraction of sp³-hybridized carbons (Fsp3) is 0.611. The normalized spacial score (nSPS) is 14.4. The van der Waals surface area contributed by atoms with Crippen molar-refractivity contribution in [2.45, 2.75) is 59.0 Å². The van der Waals surface area contributed by atoms with Crippen molar-refractivity contribution in [1.82, 2.24) is 9.88 Å². The molecule has 2 rings (SSSR count). The summed E-state index contributed by atoms with van der Waals surface area (Å²) in [5, 5.41) is 2.87. The van der Waals surface area contributed by atoms with E-state index in [1.165, 1.54) is 0 Å². The Morgan fingerprint density at radius 3 is 2.52 bits per heavy atom. The van der Waals surface area contributed by atoms with Crippen LogP contribution >= 0.6 is 0 Å². The second-order valence-electron chi connectivity index (χ2n) is 6.30. The average Bonchev–Trinajstić information content (AvgIpc) is 3.16. The zero-order valence-corrected chi connectivity index (χ0v) is 15.1. The fourth-order valence-electron chi connectivity index (χ4n) is 3.12. The van der Waals surface area contributed by atoms with Crippen molar-refractivity contribution in [2.24, 2.45) is 0 Å². The van der Waals surface area contributed by atoms with Crippen molar-refractivity contribution in [3.05, 3.63) is 23.0 Å². The standard InChI is InChI=1S/C18H26N2O5/c1-4-24-18(23)15-9-12(2)20(13(15)3)10-17(22)25-11-16(21)19-14-7-5-6-8-14/h9,14H,4-8,10-11H2,1-3H3,(H,19,21). The first kappa shape index (κ1) is 19.0. The van der Waals surface area contributed by atoms with Crippen LogP contribution in [0.15, 0.2) is 6.07 Å². The molecule has 1 heterocycles. The Bertz CT molecular complexity index is 644. The molecule has 7 nitrogen and oxygen atoms in total. The first-order valence-electron chi connectivity index (χ1n) is 8.71. The number of hydrogen-bond donors (Lipinski definition) is 1. The maximum atomic E-state index is 12.0. The highest BCUT2D eigenvalue weighted by molar-refractivity contribution is 5.91. The van der Waals surface area contributed by atoms with E-state index in [9.17, 15) is 14.4 Å². The molecule has 0 radical (unpaired) electrons. The molecule has 1 fully saturated rings. The Morgan fingerprint density at radius 1 is 1.20 bits per heavy atom. The lowest BCUT2D eigenvalue weighted by Gasteiger charge is -2.13. The molecule has 1 aliphatic rings. The number of carbonyl (C=O) groups is 3. The van der Waals surface area contributed by atoms with E-state index < -0.39 is 11.9 Å². The van der Waals surface area contributed by atoms with Crippen LogP contribution in [0, 0.1) is 13.8 Å². The van der Waals surface area contributed by atoms with E-state index in [4.69, 9.17) is 9.47 Å². The van der Waals surface area contributed by atoms with Crippen LogP contribution in [0.2, 0.25) is 0 Å². The molecule has 0 saturated heterocycles. The van der Waals surface area contributed by atoms with E-state index in [0.717, 1.165) is 31.4 Å². The highest BCUT2D eigenvalue weighted by Crippen LogP contribution is 2.18. The van der Waals surface area contributed by atoms with Gasteiger partial charge in [0.25, 0.3) is 5.91 Å². The van der Waals surface area contributed by atoms with Gasteiger partial charge in [-0.05, 0) is 39.7 Å². The molecule has 138 valence electrons. The summed E-state index contributed by atoms with van der Waals surface area (Å²) in [5.74, 6) is -1.20. The number of aromatic nitrogens is 1. The molecule has 1 aromatic heterocycles. The van der Waals surface area contributed by atoms with Crippen LogP contribution in [0.3, 0.4) is 0 Å². The number of nitrogens with zero attached hydrogens (tertiary/aromatic N) is 1. The van der Waals surface area contributed by atoms with E-state index in [-0.39, 0.29) is 25.1 Å². The Labute approximate surface area is 147 Å². The van der Waals surface area contributed by atoms with Gasteiger partial charge in [-0.2, -0.15) is 0 Å². The summed E-state index contributed by atoms with van der Waals surface area (Å²) >= 11 is 0. The van der Waals surface area contributed by atoms with Gasteiger partial charge in [-0.3, -0.25) is 9.59 Å². The molecule has 7 heteroatoms. The second-order valence-corrected chi connectivity index (χ2v) is 6.30. The van der Waals surface area contributed by atoms with Crippen LogP contribution in [-0.4, -0.2) is 41.7 Å². The van der Waals surface area contributed by atoms with Crippen LogP contribution in [0.5, 0.6) is 0 Å². The van der Waals surface area contributed by atoms with Gasteiger partial charge < -0.3 is 19.4 Å². The third kappa shape index (κ3) is 5.08. The van der Waals surface area contributed by atoms with Crippen molar-refractivity contribution in [1.29, 1.82) is 0 Å². The van der Waals surface area contributed by atoms with Crippen molar-refractivity contribution < 1.29 is 23.9 Å². The first-order chi connectivity index (χ1) is 11.9. The molecule has 1 aromatic rings. The van der Waals surface area contributed by atoms with Gasteiger partial charge in [0.05, 0.1) is 12.2 Å². The van der Waals surface area contributed by atoms with Crippen molar-refractivity contribution in [3.63, 3.8) is 0 Å². The molecule has 0 spiro atoms. The topological polar surface area (TPSA) is 86.6 Å². The molecule has 0 atom stereocenters. The maximum Gasteiger partial charge on any atom is 0.339 e. The number of aryl methyl sites for hydroxylation is 1. The van der Waals surface area contributed by atoms with Crippen LogP contribution in [0.25, 0.3) is 0 Å². The lowest BCUT2D eigenvalue weighted by molar-refractivity contribution is -0.149. The molecular formula is C18H26N2O5. The summed E-state index contributed by atoms with van der Waals surface area (Å²) in [5.41, 5.74) is 1.84. The number of ether oxygens (including phenoxy) is 2. The van der Waals surface area contributed by atoms with E-state index >= 15 is 0 Å². The van der Waals surface area contributed by atoms with Gasteiger partial charge in [-0.25, -0.2) is 4.79 Å². The third-order valence-electron chi connectivity index (χ3n) is 4.44. The quantitative estimate of drug-likeness (QED) is 0.759. The molecule has 0 aliphatic heterocycles. The second kappa shape index (κ2) is 8.69. The Hall–Kier alpha value is -2.31. The molecule has 1 N–H and O–H groups in total. The smallest absolute Gasteiger partial charge is 0.339 e. The van der Waals surface area contributed by atoms with E-state index in [1.54, 1.807) is 31.4 Å². The van der Waals surface area contributed by atoms with Crippen molar-refractivity contribution in [2.75, 3.05) is 13.2 Å². The zero-order chi connectivity index (χ0) is 18.4. The van der Waals surface area contributed by atoms with Crippen molar-refractivity contribution in [3.8, 4) is 0 Å². The van der Waals surface area contributed by atoms with E-state index in [0.29, 0.717) is 17.9 Å². The Balaban J connectivity index is 1.87. The van der Waals surface area contributed by atoms with Gasteiger partial charge >= 0.3 is 11.9 Å². The Morgan fingerprint density at radius 2 is 1.88 bits per heavy atom. The van der Waals surface area contributed by atoms with Gasteiger partial charge in [0.1, 0.15) is 6.54 Å². The number of hydrogen-bond acceptors (Lipinski definition) is 5. The third-order valence-corrected chi connectivity index (χ3v) is 4.44. The lowest BCUT2D eigenvalue weighted by atomic mass is 10.2. The van der Waals surface area contributed by atoms with E-state index in [1.807, 2.05) is 0 Å². The lowest BCUT2D eigenvalue weighted by Crippen LogP contribution is -2.36. The molecule has 1 aliphatic carbocycles. The van der Waals surface area contributed by atoms with Crippen LogP contribution in [-0.2, 0) is 25.6 Å². The summed E-state index contributed by atoms with van der Waals surface area (Å²) in [6, 6.07) is 1.89. The number of nitrogens with one attached hydrogen (secondary N) is 1. The number of esters is 2. The summed E-state index contributed by atoms with van der Waals surface area (Å²) in [7, 11) is 0. The maximum absolute atomic E-state index is 12.0. The number of amides is 1. The van der Waals surface area contributed by atoms with E-state index in [2.05, 4.69) is 5.32 Å². The zero-order valence-electron chi connectivity index (χ0n) is 15.1. The predicted molar refractivity (Wildman–Crippen MR) is 91.2 cm³/mol. The van der Waals surface area contributed by atoms with Gasteiger partial charge in [0.15, 0.2) is 6.61 Å². The largest absolute Gasteiger partial charge is 0.462 e. The molecule has 1 amide bonds. The minimum atomic E-state index is -0.515. The summed E-state index contributed by atoms with van der Waals surface area (Å²) < 4.78 is 11.7. The number of rotatable bonds is 7. The highest BCUT2D eigenvalue weighted by atomic mass is 16.5. The monoisotopic (exact) mass is 350 g/mol. The Kier molecular flexibility index (Phi) is 6.61. The first-order valence-corrected chi connectivity index (χ1v) is 8.71. The molecule has 0 bridgehead atoms. The molecular weight excluding hydrogens is 324 g/mol. The predicted octanol–water partition coefficient (Wildman–Crippen LogP) is 1.88. The minimum Gasteiger partial charge on any atom is -0.462 e. The summed E-state index contributed by atoms with van der Waals surface area (Å²) in [4.78, 5) is 35.7. The minimum absolute atomic E-state index is 0.0478. The molecule has 25 heavy (non-hydrogen) atoms. The van der Waals surface area contributed by atoms with Gasteiger partial charge in [-0.1, -0.05) is 12.8 Å². The van der Waals surface area contributed by atoms with Gasteiger partial charge in [0.2, 0.25) is 0 Å². The molecule has 0 aromatic carbocycles. The van der Waals surface area contributed by atoms with Crippen molar-refractivity contribution >= 4 is 17.8 Å². The van der Waals surface area contributed by atoms with Gasteiger partial charge in [0, 0.05) is 17.4 Å². The molecule has 1 saturated carbocycles. The number of carbonyl (C=O) groups excluding carboxylic acids is 3. The summed E-state index contributed by atoms with van der Waals surface area (Å²) in [6.45, 7) is 5.26.